The lowest BCUT2D eigenvalue weighted by atomic mass is 10.2. The number of methoxy groups -OCH3 is 1. The third-order valence-corrected chi connectivity index (χ3v) is 3.36. The second-order valence-corrected chi connectivity index (χ2v) is 4.70. The number of hydrogen-bond acceptors (Lipinski definition) is 3. The highest BCUT2D eigenvalue weighted by Gasteiger charge is 2.07. The molecule has 0 atom stereocenters. The van der Waals surface area contributed by atoms with Crippen LogP contribution in [0.5, 0.6) is 5.75 Å². The molecule has 2 rings (SSSR count). The third kappa shape index (κ3) is 3.46. The molecule has 19 heavy (non-hydrogen) atoms. The molecular weight excluding hydrogens is 260 g/mol. The highest BCUT2D eigenvalue weighted by Crippen LogP contribution is 2.25. The maximum absolute atomic E-state index is 6.19. The molecule has 0 radical (unpaired) electrons. The highest BCUT2D eigenvalue weighted by molar-refractivity contribution is 6.31. The fraction of sp³-hybridized carbons (Fsp3) is 0.267. The van der Waals surface area contributed by atoms with Gasteiger partial charge in [-0.1, -0.05) is 23.7 Å². The van der Waals surface area contributed by atoms with Crippen LogP contribution in [0.25, 0.3) is 0 Å². The lowest BCUT2D eigenvalue weighted by Crippen LogP contribution is -2.15. The number of aryl methyl sites for hydroxylation is 1. The van der Waals surface area contributed by atoms with Gasteiger partial charge in [0, 0.05) is 29.9 Å². The van der Waals surface area contributed by atoms with Gasteiger partial charge in [-0.05, 0) is 30.7 Å². The molecular formula is C15H17ClN2O. The fourth-order valence-electron chi connectivity index (χ4n) is 1.91. The first kappa shape index (κ1) is 13.8. The van der Waals surface area contributed by atoms with Crippen LogP contribution in [0, 0.1) is 6.92 Å². The molecule has 1 aromatic carbocycles. The molecule has 4 heteroatoms. The van der Waals surface area contributed by atoms with E-state index in [2.05, 4.69) is 23.3 Å². The van der Waals surface area contributed by atoms with Crippen molar-refractivity contribution in [2.75, 3.05) is 7.11 Å². The minimum Gasteiger partial charge on any atom is -0.496 e. The van der Waals surface area contributed by atoms with Crippen molar-refractivity contribution in [3.8, 4) is 5.75 Å². The van der Waals surface area contributed by atoms with E-state index in [1.165, 1.54) is 5.56 Å². The zero-order chi connectivity index (χ0) is 13.7. The number of benzene rings is 1. The van der Waals surface area contributed by atoms with E-state index in [0.29, 0.717) is 18.1 Å². The summed E-state index contributed by atoms with van der Waals surface area (Å²) in [5.74, 6) is 0.803. The monoisotopic (exact) mass is 276 g/mol. The van der Waals surface area contributed by atoms with Crippen molar-refractivity contribution in [2.45, 2.75) is 20.0 Å². The zero-order valence-electron chi connectivity index (χ0n) is 11.1. The highest BCUT2D eigenvalue weighted by atomic mass is 35.5. The molecule has 0 unspecified atom stereocenters. The molecule has 0 aliphatic rings. The van der Waals surface area contributed by atoms with Gasteiger partial charge in [0.1, 0.15) is 5.75 Å². The number of rotatable bonds is 5. The predicted octanol–water partition coefficient (Wildman–Crippen LogP) is 3.34. The SMILES string of the molecule is COc1cccc(Cl)c1CNCc1ncccc1C. The van der Waals surface area contributed by atoms with Gasteiger partial charge < -0.3 is 10.1 Å². The summed E-state index contributed by atoms with van der Waals surface area (Å²) in [6.07, 6.45) is 1.81. The molecule has 0 saturated heterocycles. The predicted molar refractivity (Wildman–Crippen MR) is 77.5 cm³/mol. The second-order valence-electron chi connectivity index (χ2n) is 4.29. The first-order valence-electron chi connectivity index (χ1n) is 6.15. The Kier molecular flexibility index (Phi) is 4.77. The summed E-state index contributed by atoms with van der Waals surface area (Å²) in [4.78, 5) is 4.35. The second kappa shape index (κ2) is 6.55. The number of pyridine rings is 1. The normalized spacial score (nSPS) is 10.5. The van der Waals surface area contributed by atoms with Gasteiger partial charge >= 0.3 is 0 Å². The molecule has 3 nitrogen and oxygen atoms in total. The van der Waals surface area contributed by atoms with Crippen molar-refractivity contribution in [2.24, 2.45) is 0 Å². The Morgan fingerprint density at radius 1 is 1.21 bits per heavy atom. The molecule has 0 amide bonds. The van der Waals surface area contributed by atoms with Gasteiger partial charge in [0.2, 0.25) is 0 Å². The smallest absolute Gasteiger partial charge is 0.124 e. The summed E-state index contributed by atoms with van der Waals surface area (Å²) < 4.78 is 5.31. The van der Waals surface area contributed by atoms with Gasteiger partial charge in [0.05, 0.1) is 12.8 Å². The van der Waals surface area contributed by atoms with Crippen molar-refractivity contribution in [3.63, 3.8) is 0 Å². The average Bonchev–Trinajstić information content (AvgIpc) is 2.42. The van der Waals surface area contributed by atoms with Gasteiger partial charge in [-0.3, -0.25) is 4.98 Å². The van der Waals surface area contributed by atoms with E-state index in [9.17, 15) is 0 Å². The molecule has 0 aliphatic carbocycles. The Hall–Kier alpha value is -1.58. The quantitative estimate of drug-likeness (QED) is 0.909. The molecule has 100 valence electrons. The fourth-order valence-corrected chi connectivity index (χ4v) is 2.14. The number of ether oxygens (including phenoxy) is 1. The molecule has 0 saturated carbocycles. The lowest BCUT2D eigenvalue weighted by Gasteiger charge is -2.11. The van der Waals surface area contributed by atoms with Gasteiger partial charge in [0.15, 0.2) is 0 Å². The topological polar surface area (TPSA) is 34.1 Å². The first-order chi connectivity index (χ1) is 9.22. The van der Waals surface area contributed by atoms with Crippen molar-refractivity contribution in [1.29, 1.82) is 0 Å². The van der Waals surface area contributed by atoms with Crippen molar-refractivity contribution >= 4 is 11.6 Å². The number of nitrogens with zero attached hydrogens (tertiary/aromatic N) is 1. The van der Waals surface area contributed by atoms with Gasteiger partial charge in [-0.2, -0.15) is 0 Å². The van der Waals surface area contributed by atoms with E-state index in [1.54, 1.807) is 13.3 Å². The van der Waals surface area contributed by atoms with Crippen molar-refractivity contribution in [1.82, 2.24) is 10.3 Å². The van der Waals surface area contributed by atoms with Crippen LogP contribution < -0.4 is 10.1 Å². The summed E-state index contributed by atoms with van der Waals surface area (Å²) in [6.45, 7) is 3.42. The van der Waals surface area contributed by atoms with E-state index in [0.717, 1.165) is 17.0 Å². The van der Waals surface area contributed by atoms with Crippen LogP contribution in [-0.2, 0) is 13.1 Å². The average molecular weight is 277 g/mol. The summed E-state index contributed by atoms with van der Waals surface area (Å²) >= 11 is 6.19. The van der Waals surface area contributed by atoms with E-state index < -0.39 is 0 Å². The lowest BCUT2D eigenvalue weighted by molar-refractivity contribution is 0.407. The molecule has 0 spiro atoms. The Bertz CT molecular complexity index is 558. The minimum atomic E-state index is 0.652. The molecule has 0 bridgehead atoms. The molecule has 0 fully saturated rings. The Morgan fingerprint density at radius 2 is 2.05 bits per heavy atom. The molecule has 1 aromatic heterocycles. The van der Waals surface area contributed by atoms with E-state index in [-0.39, 0.29) is 0 Å². The number of halogens is 1. The van der Waals surface area contributed by atoms with Gasteiger partial charge in [0.25, 0.3) is 0 Å². The largest absolute Gasteiger partial charge is 0.496 e. The molecule has 1 N–H and O–H groups in total. The number of hydrogen-bond donors (Lipinski definition) is 1. The minimum absolute atomic E-state index is 0.652. The van der Waals surface area contributed by atoms with Crippen molar-refractivity contribution < 1.29 is 4.74 Å². The van der Waals surface area contributed by atoms with Crippen LogP contribution in [0.2, 0.25) is 5.02 Å². The van der Waals surface area contributed by atoms with E-state index >= 15 is 0 Å². The summed E-state index contributed by atoms with van der Waals surface area (Å²) in [6, 6.07) is 9.66. The van der Waals surface area contributed by atoms with Gasteiger partial charge in [-0.25, -0.2) is 0 Å². The first-order valence-corrected chi connectivity index (χ1v) is 6.52. The van der Waals surface area contributed by atoms with Crippen LogP contribution in [-0.4, -0.2) is 12.1 Å². The van der Waals surface area contributed by atoms with Crippen LogP contribution in [0.15, 0.2) is 36.5 Å². The van der Waals surface area contributed by atoms with Gasteiger partial charge in [-0.15, -0.1) is 0 Å². The third-order valence-electron chi connectivity index (χ3n) is 3.01. The number of nitrogens with one attached hydrogen (secondary N) is 1. The van der Waals surface area contributed by atoms with Crippen LogP contribution in [0.1, 0.15) is 16.8 Å². The Balaban J connectivity index is 2.02. The van der Waals surface area contributed by atoms with Crippen LogP contribution in [0.3, 0.4) is 0 Å². The maximum Gasteiger partial charge on any atom is 0.124 e. The van der Waals surface area contributed by atoms with E-state index in [4.69, 9.17) is 16.3 Å². The molecule has 1 heterocycles. The molecule has 0 aliphatic heterocycles. The summed E-state index contributed by atoms with van der Waals surface area (Å²) in [5.41, 5.74) is 3.20. The number of aromatic nitrogens is 1. The van der Waals surface area contributed by atoms with Crippen LogP contribution in [0.4, 0.5) is 0 Å². The van der Waals surface area contributed by atoms with E-state index in [1.807, 2.05) is 24.3 Å². The maximum atomic E-state index is 6.19. The van der Waals surface area contributed by atoms with Crippen molar-refractivity contribution in [3.05, 3.63) is 58.4 Å². The molecule has 2 aromatic rings. The Morgan fingerprint density at radius 3 is 2.79 bits per heavy atom. The summed E-state index contributed by atoms with van der Waals surface area (Å²) in [5, 5.41) is 4.06. The Labute approximate surface area is 118 Å². The summed E-state index contributed by atoms with van der Waals surface area (Å²) in [7, 11) is 1.65. The standard InChI is InChI=1S/C15H17ClN2O/c1-11-5-4-8-18-14(11)10-17-9-12-13(16)6-3-7-15(12)19-2/h3-8,17H,9-10H2,1-2H3. The van der Waals surface area contributed by atoms with Crippen LogP contribution >= 0.6 is 11.6 Å². The zero-order valence-corrected chi connectivity index (χ0v) is 11.9.